The molecule has 0 aromatic heterocycles. The van der Waals surface area contributed by atoms with E-state index in [4.69, 9.17) is 5.73 Å². The monoisotopic (exact) mass is 237 g/mol. The van der Waals surface area contributed by atoms with Crippen LogP contribution in [0.15, 0.2) is 0 Å². The zero-order valence-corrected chi connectivity index (χ0v) is 11.2. The van der Waals surface area contributed by atoms with Crippen molar-refractivity contribution in [2.75, 3.05) is 26.2 Å². The average Bonchev–Trinajstić information content (AvgIpc) is 3.07. The fraction of sp³-hybridized carbons (Fsp3) is 1.00. The Morgan fingerprint density at radius 3 is 2.76 bits per heavy atom. The van der Waals surface area contributed by atoms with E-state index in [-0.39, 0.29) is 0 Å². The molecule has 2 atom stereocenters. The van der Waals surface area contributed by atoms with Crippen LogP contribution in [0.3, 0.4) is 0 Å². The average molecular weight is 237 g/mol. The summed E-state index contributed by atoms with van der Waals surface area (Å²) in [6.07, 6.45) is 8.25. The van der Waals surface area contributed by atoms with Crippen molar-refractivity contribution in [3.8, 4) is 0 Å². The summed E-state index contributed by atoms with van der Waals surface area (Å²) in [5, 5.41) is 0. The van der Waals surface area contributed by atoms with Crippen LogP contribution in [-0.2, 0) is 0 Å². The molecule has 2 N–H and O–H groups in total. The molecule has 3 heteroatoms. The molecule has 2 heterocycles. The number of fused-ring (bicyclic) bond motifs is 1. The number of rotatable bonds is 4. The molecule has 0 aromatic rings. The number of nitrogens with zero attached hydrogens (tertiary/aromatic N) is 2. The van der Waals surface area contributed by atoms with Gasteiger partial charge in [-0.3, -0.25) is 4.90 Å². The number of hydrogen-bond acceptors (Lipinski definition) is 3. The number of hydrogen-bond donors (Lipinski definition) is 1. The van der Waals surface area contributed by atoms with Crippen LogP contribution in [0.2, 0.25) is 0 Å². The van der Waals surface area contributed by atoms with Gasteiger partial charge in [0, 0.05) is 30.7 Å². The molecule has 3 aliphatic rings. The van der Waals surface area contributed by atoms with Crippen molar-refractivity contribution in [3.63, 3.8) is 0 Å². The van der Waals surface area contributed by atoms with Gasteiger partial charge in [-0.25, -0.2) is 0 Å². The lowest BCUT2D eigenvalue weighted by molar-refractivity contribution is 0.00793. The van der Waals surface area contributed by atoms with Gasteiger partial charge in [0.2, 0.25) is 0 Å². The minimum atomic E-state index is 0.335. The van der Waals surface area contributed by atoms with Crippen molar-refractivity contribution in [1.82, 2.24) is 9.80 Å². The smallest absolute Gasteiger partial charge is 0.0361 e. The van der Waals surface area contributed by atoms with Crippen LogP contribution in [0.4, 0.5) is 0 Å². The van der Waals surface area contributed by atoms with E-state index in [1.807, 2.05) is 0 Å². The molecule has 0 amide bonds. The Kier molecular flexibility index (Phi) is 3.18. The van der Waals surface area contributed by atoms with Gasteiger partial charge < -0.3 is 10.6 Å². The van der Waals surface area contributed by atoms with Gasteiger partial charge >= 0.3 is 0 Å². The highest BCUT2D eigenvalue weighted by molar-refractivity contribution is 5.05. The molecule has 98 valence electrons. The maximum Gasteiger partial charge on any atom is 0.0361 e. The van der Waals surface area contributed by atoms with Crippen molar-refractivity contribution in [2.45, 2.75) is 63.1 Å². The van der Waals surface area contributed by atoms with Crippen molar-refractivity contribution in [1.29, 1.82) is 0 Å². The lowest BCUT2D eigenvalue weighted by atomic mass is 9.81. The minimum absolute atomic E-state index is 0.335. The molecule has 0 radical (unpaired) electrons. The highest BCUT2D eigenvalue weighted by atomic mass is 15.3. The molecule has 3 nitrogen and oxygen atoms in total. The first kappa shape index (κ1) is 11.9. The minimum Gasteiger partial charge on any atom is -0.329 e. The Labute approximate surface area is 105 Å². The molecule has 2 unspecified atom stereocenters. The van der Waals surface area contributed by atoms with E-state index in [2.05, 4.69) is 16.7 Å². The Morgan fingerprint density at radius 1 is 1.29 bits per heavy atom. The summed E-state index contributed by atoms with van der Waals surface area (Å²) in [7, 11) is 0. The van der Waals surface area contributed by atoms with E-state index in [9.17, 15) is 0 Å². The summed E-state index contributed by atoms with van der Waals surface area (Å²) in [5.41, 5.74) is 6.54. The SMILES string of the molecule is CCN(C1CC1)C1(CN)CCN2CCCC2C1. The van der Waals surface area contributed by atoms with Gasteiger partial charge in [-0.15, -0.1) is 0 Å². The van der Waals surface area contributed by atoms with Crippen LogP contribution < -0.4 is 5.73 Å². The molecule has 1 saturated carbocycles. The van der Waals surface area contributed by atoms with Gasteiger partial charge in [0.25, 0.3) is 0 Å². The number of piperidine rings is 1. The quantitative estimate of drug-likeness (QED) is 0.803. The molecular formula is C14H27N3. The van der Waals surface area contributed by atoms with Crippen LogP contribution in [-0.4, -0.2) is 53.6 Å². The lowest BCUT2D eigenvalue weighted by Crippen LogP contribution is -2.61. The van der Waals surface area contributed by atoms with Crippen molar-refractivity contribution >= 4 is 0 Å². The summed E-state index contributed by atoms with van der Waals surface area (Å²) in [4.78, 5) is 5.46. The van der Waals surface area contributed by atoms with E-state index in [1.165, 1.54) is 58.2 Å². The van der Waals surface area contributed by atoms with Gasteiger partial charge in [-0.1, -0.05) is 6.92 Å². The molecular weight excluding hydrogens is 210 g/mol. The molecule has 3 rings (SSSR count). The van der Waals surface area contributed by atoms with Crippen LogP contribution in [0.5, 0.6) is 0 Å². The van der Waals surface area contributed by atoms with Gasteiger partial charge in [-0.2, -0.15) is 0 Å². The van der Waals surface area contributed by atoms with Crippen LogP contribution in [0.25, 0.3) is 0 Å². The normalized spacial score (nSPS) is 38.6. The summed E-state index contributed by atoms with van der Waals surface area (Å²) in [5.74, 6) is 0. The zero-order chi connectivity index (χ0) is 11.9. The molecule has 0 spiro atoms. The standard InChI is InChI=1S/C14H27N3/c1-2-17(12-5-6-12)14(11-15)7-9-16-8-3-4-13(16)10-14/h12-13H,2-11,15H2,1H3. The van der Waals surface area contributed by atoms with E-state index in [0.29, 0.717) is 5.54 Å². The molecule has 2 saturated heterocycles. The molecule has 0 bridgehead atoms. The predicted molar refractivity (Wildman–Crippen MR) is 71.0 cm³/mol. The van der Waals surface area contributed by atoms with Gasteiger partial charge in [-0.05, 0) is 51.6 Å². The highest BCUT2D eigenvalue weighted by Gasteiger charge is 2.47. The molecule has 0 aromatic carbocycles. The predicted octanol–water partition coefficient (Wildman–Crippen LogP) is 1.43. The zero-order valence-electron chi connectivity index (χ0n) is 11.2. The van der Waals surface area contributed by atoms with Crippen molar-refractivity contribution < 1.29 is 0 Å². The van der Waals surface area contributed by atoms with Crippen molar-refractivity contribution in [3.05, 3.63) is 0 Å². The Hall–Kier alpha value is -0.120. The third-order valence-corrected chi connectivity index (χ3v) is 5.30. The largest absolute Gasteiger partial charge is 0.329 e. The third kappa shape index (κ3) is 2.02. The first-order valence-electron chi connectivity index (χ1n) is 7.50. The second kappa shape index (κ2) is 4.52. The number of likely N-dealkylation sites (N-methyl/N-ethyl adjacent to an activating group) is 1. The first-order valence-corrected chi connectivity index (χ1v) is 7.50. The fourth-order valence-electron chi connectivity index (χ4n) is 4.24. The summed E-state index contributed by atoms with van der Waals surface area (Å²) in [6.45, 7) is 6.99. The van der Waals surface area contributed by atoms with Crippen LogP contribution >= 0.6 is 0 Å². The lowest BCUT2D eigenvalue weighted by Gasteiger charge is -2.50. The van der Waals surface area contributed by atoms with E-state index >= 15 is 0 Å². The molecule has 17 heavy (non-hydrogen) atoms. The molecule has 1 aliphatic carbocycles. The summed E-state index contributed by atoms with van der Waals surface area (Å²) >= 11 is 0. The maximum atomic E-state index is 6.20. The highest BCUT2D eigenvalue weighted by Crippen LogP contribution is 2.41. The Morgan fingerprint density at radius 2 is 2.12 bits per heavy atom. The van der Waals surface area contributed by atoms with Crippen LogP contribution in [0.1, 0.15) is 45.4 Å². The van der Waals surface area contributed by atoms with Crippen LogP contribution in [0, 0.1) is 0 Å². The number of nitrogens with two attached hydrogens (primary N) is 1. The summed E-state index contributed by atoms with van der Waals surface area (Å²) < 4.78 is 0. The Balaban J connectivity index is 1.76. The molecule has 3 fully saturated rings. The van der Waals surface area contributed by atoms with Crippen molar-refractivity contribution in [2.24, 2.45) is 5.73 Å². The first-order chi connectivity index (χ1) is 8.29. The third-order valence-electron chi connectivity index (χ3n) is 5.30. The summed E-state index contributed by atoms with van der Waals surface area (Å²) in [6, 6.07) is 1.69. The van der Waals surface area contributed by atoms with E-state index in [0.717, 1.165) is 18.6 Å². The molecule has 2 aliphatic heterocycles. The van der Waals surface area contributed by atoms with E-state index in [1.54, 1.807) is 0 Å². The second-order valence-corrected chi connectivity index (χ2v) is 6.23. The van der Waals surface area contributed by atoms with E-state index < -0.39 is 0 Å². The van der Waals surface area contributed by atoms with Gasteiger partial charge in [0.05, 0.1) is 0 Å². The topological polar surface area (TPSA) is 32.5 Å². The Bertz CT molecular complexity index is 277. The fourth-order valence-corrected chi connectivity index (χ4v) is 4.24. The maximum absolute atomic E-state index is 6.20. The van der Waals surface area contributed by atoms with Gasteiger partial charge in [0.1, 0.15) is 0 Å². The van der Waals surface area contributed by atoms with Gasteiger partial charge in [0.15, 0.2) is 0 Å². The second-order valence-electron chi connectivity index (χ2n) is 6.23.